The van der Waals surface area contributed by atoms with E-state index in [9.17, 15) is 8.42 Å². The molecule has 1 aliphatic carbocycles. The maximum Gasteiger partial charge on any atom is 0.240 e. The molecule has 0 bridgehead atoms. The lowest BCUT2D eigenvalue weighted by Crippen LogP contribution is -2.28. The molecule has 6 heteroatoms. The predicted octanol–water partition coefficient (Wildman–Crippen LogP) is 1.87. The van der Waals surface area contributed by atoms with Crippen LogP contribution in [-0.4, -0.2) is 27.5 Å². The van der Waals surface area contributed by atoms with Crippen molar-refractivity contribution in [3.8, 4) is 0 Å². The molecule has 0 atom stereocenters. The van der Waals surface area contributed by atoms with Crippen molar-refractivity contribution in [2.75, 3.05) is 13.1 Å². The van der Waals surface area contributed by atoms with E-state index in [1.165, 1.54) is 12.8 Å². The van der Waals surface area contributed by atoms with Gasteiger partial charge >= 0.3 is 0 Å². The Morgan fingerprint density at radius 1 is 1.28 bits per heavy atom. The number of nitrogens with one attached hydrogen (secondary N) is 2. The molecule has 0 heterocycles. The van der Waals surface area contributed by atoms with Crippen LogP contribution in [0.3, 0.4) is 0 Å². The van der Waals surface area contributed by atoms with Crippen molar-refractivity contribution in [3.05, 3.63) is 28.7 Å². The summed E-state index contributed by atoms with van der Waals surface area (Å²) in [4.78, 5) is 0.298. The summed E-state index contributed by atoms with van der Waals surface area (Å²) in [5.41, 5.74) is 0. The highest BCUT2D eigenvalue weighted by Crippen LogP contribution is 2.18. The van der Waals surface area contributed by atoms with E-state index in [1.54, 1.807) is 24.3 Å². The summed E-state index contributed by atoms with van der Waals surface area (Å²) in [6, 6.07) is 7.39. The standard InChI is InChI=1S/C12H17BrN2O2S/c13-10-3-1-4-12(9-10)18(16,17)15-8-2-7-14-11-5-6-11/h1,3-4,9,11,14-15H,2,5-8H2. The third-order valence-electron chi connectivity index (χ3n) is 2.76. The second-order valence-corrected chi connectivity index (χ2v) is 7.12. The summed E-state index contributed by atoms with van der Waals surface area (Å²) >= 11 is 3.27. The third kappa shape index (κ3) is 4.35. The van der Waals surface area contributed by atoms with Crippen LogP contribution in [-0.2, 0) is 10.0 Å². The van der Waals surface area contributed by atoms with E-state index in [1.807, 2.05) is 0 Å². The lowest BCUT2D eigenvalue weighted by molar-refractivity contribution is 0.573. The monoisotopic (exact) mass is 332 g/mol. The van der Waals surface area contributed by atoms with Crippen LogP contribution in [0, 0.1) is 0 Å². The maximum atomic E-state index is 11.9. The van der Waals surface area contributed by atoms with Crippen molar-refractivity contribution in [1.82, 2.24) is 10.0 Å². The SMILES string of the molecule is O=S(=O)(NCCCNC1CC1)c1cccc(Br)c1. The fourth-order valence-electron chi connectivity index (χ4n) is 1.61. The highest BCUT2D eigenvalue weighted by atomic mass is 79.9. The van der Waals surface area contributed by atoms with Gasteiger partial charge in [0.15, 0.2) is 0 Å². The topological polar surface area (TPSA) is 58.2 Å². The summed E-state index contributed by atoms with van der Waals surface area (Å²) in [7, 11) is -3.38. The zero-order valence-electron chi connectivity index (χ0n) is 10.0. The number of rotatable bonds is 7. The van der Waals surface area contributed by atoms with Gasteiger partial charge in [-0.1, -0.05) is 22.0 Å². The molecule has 2 N–H and O–H groups in total. The Morgan fingerprint density at radius 2 is 2.06 bits per heavy atom. The van der Waals surface area contributed by atoms with Crippen LogP contribution >= 0.6 is 15.9 Å². The molecular weight excluding hydrogens is 316 g/mol. The second kappa shape index (κ2) is 6.14. The minimum atomic E-state index is -3.38. The van der Waals surface area contributed by atoms with Crippen LogP contribution in [0.25, 0.3) is 0 Å². The highest BCUT2D eigenvalue weighted by molar-refractivity contribution is 9.10. The first-order valence-electron chi connectivity index (χ1n) is 6.06. The fourth-order valence-corrected chi connectivity index (χ4v) is 3.28. The van der Waals surface area contributed by atoms with Crippen molar-refractivity contribution in [2.45, 2.75) is 30.2 Å². The van der Waals surface area contributed by atoms with Gasteiger partial charge in [-0.2, -0.15) is 0 Å². The van der Waals surface area contributed by atoms with Gasteiger partial charge in [-0.15, -0.1) is 0 Å². The molecule has 0 radical (unpaired) electrons. The lowest BCUT2D eigenvalue weighted by Gasteiger charge is -2.07. The molecule has 0 amide bonds. The number of hydrogen-bond donors (Lipinski definition) is 2. The number of sulfonamides is 1. The van der Waals surface area contributed by atoms with Gasteiger partial charge in [-0.05, 0) is 44.0 Å². The van der Waals surface area contributed by atoms with Crippen molar-refractivity contribution in [1.29, 1.82) is 0 Å². The second-order valence-electron chi connectivity index (χ2n) is 4.44. The molecule has 1 aromatic rings. The largest absolute Gasteiger partial charge is 0.314 e. The van der Waals surface area contributed by atoms with Gasteiger partial charge in [-0.3, -0.25) is 0 Å². The number of halogens is 1. The van der Waals surface area contributed by atoms with Gasteiger partial charge in [0.25, 0.3) is 0 Å². The van der Waals surface area contributed by atoms with Crippen molar-refractivity contribution >= 4 is 26.0 Å². The molecule has 100 valence electrons. The molecule has 1 aliphatic rings. The minimum Gasteiger partial charge on any atom is -0.314 e. The molecular formula is C12H17BrN2O2S. The maximum absolute atomic E-state index is 11.9. The lowest BCUT2D eigenvalue weighted by atomic mass is 10.4. The average Bonchev–Trinajstić information content (AvgIpc) is 3.12. The van der Waals surface area contributed by atoms with Crippen LogP contribution in [0.4, 0.5) is 0 Å². The van der Waals surface area contributed by atoms with E-state index in [-0.39, 0.29) is 0 Å². The molecule has 0 saturated heterocycles. The Kier molecular flexibility index (Phi) is 4.77. The van der Waals surface area contributed by atoms with Crippen LogP contribution in [0.1, 0.15) is 19.3 Å². The first kappa shape index (κ1) is 14.0. The van der Waals surface area contributed by atoms with E-state index in [0.717, 1.165) is 17.4 Å². The van der Waals surface area contributed by atoms with E-state index in [4.69, 9.17) is 0 Å². The van der Waals surface area contributed by atoms with Gasteiger partial charge in [0.05, 0.1) is 4.90 Å². The molecule has 0 aliphatic heterocycles. The molecule has 1 saturated carbocycles. The number of benzene rings is 1. The summed E-state index contributed by atoms with van der Waals surface area (Å²) < 4.78 is 27.3. The molecule has 1 aromatic carbocycles. The van der Waals surface area contributed by atoms with Gasteiger partial charge in [-0.25, -0.2) is 13.1 Å². The van der Waals surface area contributed by atoms with E-state index < -0.39 is 10.0 Å². The molecule has 18 heavy (non-hydrogen) atoms. The molecule has 0 aromatic heterocycles. The number of hydrogen-bond acceptors (Lipinski definition) is 3. The van der Waals surface area contributed by atoms with Crippen LogP contribution in [0.15, 0.2) is 33.6 Å². The van der Waals surface area contributed by atoms with Crippen LogP contribution in [0.2, 0.25) is 0 Å². The molecule has 2 rings (SSSR count). The Labute approximate surface area is 116 Å². The molecule has 1 fully saturated rings. The van der Waals surface area contributed by atoms with Crippen molar-refractivity contribution in [3.63, 3.8) is 0 Å². The summed E-state index contributed by atoms with van der Waals surface area (Å²) in [6.45, 7) is 1.33. The highest BCUT2D eigenvalue weighted by Gasteiger charge is 2.19. The van der Waals surface area contributed by atoms with Gasteiger partial charge < -0.3 is 5.32 Å². The molecule has 4 nitrogen and oxygen atoms in total. The average molecular weight is 333 g/mol. The summed E-state index contributed by atoms with van der Waals surface area (Å²) in [6.07, 6.45) is 3.32. The smallest absolute Gasteiger partial charge is 0.240 e. The zero-order valence-corrected chi connectivity index (χ0v) is 12.4. The quantitative estimate of drug-likeness (QED) is 0.749. The first-order chi connectivity index (χ1) is 8.58. The Hall–Kier alpha value is -0.430. The van der Waals surface area contributed by atoms with Gasteiger partial charge in [0, 0.05) is 17.1 Å². The Morgan fingerprint density at radius 3 is 2.72 bits per heavy atom. The van der Waals surface area contributed by atoms with Crippen LogP contribution in [0.5, 0.6) is 0 Å². The van der Waals surface area contributed by atoms with E-state index in [2.05, 4.69) is 26.0 Å². The van der Waals surface area contributed by atoms with E-state index in [0.29, 0.717) is 17.5 Å². The third-order valence-corrected chi connectivity index (χ3v) is 4.71. The van der Waals surface area contributed by atoms with E-state index >= 15 is 0 Å². The minimum absolute atomic E-state index is 0.298. The zero-order chi connectivity index (χ0) is 13.0. The summed E-state index contributed by atoms with van der Waals surface area (Å²) in [5, 5.41) is 3.35. The van der Waals surface area contributed by atoms with Crippen molar-refractivity contribution < 1.29 is 8.42 Å². The first-order valence-corrected chi connectivity index (χ1v) is 8.34. The van der Waals surface area contributed by atoms with Gasteiger partial charge in [0.1, 0.15) is 0 Å². The van der Waals surface area contributed by atoms with Crippen molar-refractivity contribution in [2.24, 2.45) is 0 Å². The summed E-state index contributed by atoms with van der Waals surface area (Å²) in [5.74, 6) is 0. The normalized spacial score (nSPS) is 15.8. The molecule has 0 spiro atoms. The van der Waals surface area contributed by atoms with Gasteiger partial charge in [0.2, 0.25) is 10.0 Å². The molecule has 0 unspecified atom stereocenters. The predicted molar refractivity (Wildman–Crippen MR) is 75.0 cm³/mol. The fraction of sp³-hybridized carbons (Fsp3) is 0.500. The Bertz CT molecular complexity index is 501. The Balaban J connectivity index is 1.79. The van der Waals surface area contributed by atoms with Crippen LogP contribution < -0.4 is 10.0 Å².